The van der Waals surface area contributed by atoms with Crippen LogP contribution in [0.5, 0.6) is 23.0 Å². The van der Waals surface area contributed by atoms with E-state index in [0.29, 0.717) is 36.4 Å². The van der Waals surface area contributed by atoms with Gasteiger partial charge in [-0.15, -0.1) is 0 Å². The molecular formula is C48H34F18O6P2. The fraction of sp³-hybridized carbons (Fsp3) is 0.250. The molecule has 0 aliphatic rings. The molecule has 0 aromatic heterocycles. The Balaban J connectivity index is 2.02. The minimum atomic E-state index is -6.02. The Morgan fingerprint density at radius 3 is 0.757 bits per heavy atom. The van der Waals surface area contributed by atoms with Crippen LogP contribution >= 0.6 is 14.3 Å². The van der Waals surface area contributed by atoms with Gasteiger partial charge in [0.15, 0.2) is 14.3 Å². The predicted molar refractivity (Wildman–Crippen MR) is 236 cm³/mol. The third-order valence-corrected chi connectivity index (χ3v) is 17.3. The zero-order valence-electron chi connectivity index (χ0n) is 38.4. The molecule has 398 valence electrons. The summed E-state index contributed by atoms with van der Waals surface area (Å²) in [4.78, 5) is 0. The van der Waals surface area contributed by atoms with E-state index in [4.69, 9.17) is 18.9 Å². The molecule has 6 nitrogen and oxygen atoms in total. The van der Waals surface area contributed by atoms with Crippen LogP contribution in [0.15, 0.2) is 97.1 Å². The first-order valence-electron chi connectivity index (χ1n) is 20.5. The molecule has 0 N–H and O–H groups in total. The van der Waals surface area contributed by atoms with Crippen molar-refractivity contribution in [2.45, 2.75) is 50.9 Å². The molecule has 0 saturated carbocycles. The quantitative estimate of drug-likeness (QED) is 0.0951. The van der Waals surface area contributed by atoms with E-state index in [1.165, 1.54) is 0 Å². The van der Waals surface area contributed by atoms with Crippen molar-refractivity contribution in [2.24, 2.45) is 0 Å². The lowest BCUT2D eigenvalue weighted by atomic mass is 10.0. The fourth-order valence-electron chi connectivity index (χ4n) is 8.02. The summed E-state index contributed by atoms with van der Waals surface area (Å²) in [5.74, 6) is -2.79. The highest BCUT2D eigenvalue weighted by atomic mass is 31.2. The van der Waals surface area contributed by atoms with E-state index < -0.39 is 174 Å². The standard InChI is InChI=1S/C48H34F18O6P2/c1-23-7-25(43(49,50)51)13-33(9-23)73(67,35-15-27(45(55,56)57)11-28(16-35)46(58,59)60)39-21-31(69-3)19-37(71-5)41(39)42-38(72-6)20-32(70-4)22-40(42)74(68,34-10-24(2)8-26(14-34)44(52,53)54)36-17-29(47(61,62)63)12-30(18-36)48(64,65)66/h7-22H,1-6H3. The van der Waals surface area contributed by atoms with Gasteiger partial charge in [0.1, 0.15) is 23.0 Å². The first-order valence-corrected chi connectivity index (χ1v) is 24.0. The largest absolute Gasteiger partial charge is 0.497 e. The van der Waals surface area contributed by atoms with Crippen molar-refractivity contribution < 1.29 is 107 Å². The number of aryl methyl sites for hydroxylation is 2. The average molecular weight is 1110 g/mol. The van der Waals surface area contributed by atoms with E-state index in [1.807, 2.05) is 0 Å². The van der Waals surface area contributed by atoms with E-state index in [0.717, 1.165) is 54.4 Å². The third kappa shape index (κ3) is 11.1. The van der Waals surface area contributed by atoms with Crippen LogP contribution in [0.2, 0.25) is 0 Å². The van der Waals surface area contributed by atoms with Crippen LogP contribution in [0.25, 0.3) is 11.1 Å². The lowest BCUT2D eigenvalue weighted by Gasteiger charge is -2.30. The first-order chi connectivity index (χ1) is 33.8. The van der Waals surface area contributed by atoms with E-state index in [-0.39, 0.29) is 36.4 Å². The highest BCUT2D eigenvalue weighted by Gasteiger charge is 2.47. The van der Waals surface area contributed by atoms with Crippen LogP contribution in [0.3, 0.4) is 0 Å². The zero-order valence-corrected chi connectivity index (χ0v) is 40.2. The number of benzene rings is 6. The van der Waals surface area contributed by atoms with E-state index in [2.05, 4.69) is 0 Å². The number of rotatable bonds is 11. The molecule has 0 spiro atoms. The number of halogens is 18. The number of hydrogen-bond donors (Lipinski definition) is 0. The maximum atomic E-state index is 16.7. The highest BCUT2D eigenvalue weighted by molar-refractivity contribution is 7.86. The van der Waals surface area contributed by atoms with Crippen LogP contribution in [-0.2, 0) is 46.2 Å². The molecule has 6 rings (SSSR count). The van der Waals surface area contributed by atoms with Crippen molar-refractivity contribution in [3.8, 4) is 34.1 Å². The maximum Gasteiger partial charge on any atom is 0.416 e. The number of hydrogen-bond acceptors (Lipinski definition) is 6. The van der Waals surface area contributed by atoms with Crippen molar-refractivity contribution in [2.75, 3.05) is 28.4 Å². The average Bonchev–Trinajstić information content (AvgIpc) is 3.30. The highest BCUT2D eigenvalue weighted by Crippen LogP contribution is 2.56. The monoisotopic (exact) mass is 1110 g/mol. The Morgan fingerprint density at radius 1 is 0.311 bits per heavy atom. The van der Waals surface area contributed by atoms with E-state index in [1.54, 1.807) is 0 Å². The van der Waals surface area contributed by atoms with Gasteiger partial charge in [-0.1, -0.05) is 0 Å². The van der Waals surface area contributed by atoms with Crippen LogP contribution in [0.4, 0.5) is 79.0 Å². The molecule has 6 aromatic rings. The molecule has 74 heavy (non-hydrogen) atoms. The number of methoxy groups -OCH3 is 4. The third-order valence-electron chi connectivity index (χ3n) is 11.3. The summed E-state index contributed by atoms with van der Waals surface area (Å²) in [6, 6.07) is 4.43. The molecular weight excluding hydrogens is 1080 g/mol. The van der Waals surface area contributed by atoms with Gasteiger partial charge in [0.25, 0.3) is 0 Å². The summed E-state index contributed by atoms with van der Waals surface area (Å²) in [5.41, 5.74) is -14.9. The molecule has 0 aliphatic carbocycles. The van der Waals surface area contributed by atoms with Gasteiger partial charge in [0.05, 0.1) is 61.8 Å². The zero-order chi connectivity index (χ0) is 55.7. The molecule has 2 atom stereocenters. The Kier molecular flexibility index (Phi) is 15.0. The summed E-state index contributed by atoms with van der Waals surface area (Å²) in [7, 11) is -8.63. The number of ether oxygens (including phenoxy) is 4. The normalized spacial score (nSPS) is 14.5. The molecule has 0 saturated heterocycles. The molecule has 2 unspecified atom stereocenters. The second kappa shape index (κ2) is 19.5. The van der Waals surface area contributed by atoms with Gasteiger partial charge in [-0.2, -0.15) is 79.0 Å². The van der Waals surface area contributed by atoms with Crippen molar-refractivity contribution in [1.82, 2.24) is 0 Å². The molecule has 6 aromatic carbocycles. The van der Waals surface area contributed by atoms with Gasteiger partial charge >= 0.3 is 37.1 Å². The van der Waals surface area contributed by atoms with Gasteiger partial charge in [-0.05, 0) is 110 Å². The molecule has 0 bridgehead atoms. The maximum absolute atomic E-state index is 16.7. The van der Waals surface area contributed by atoms with Crippen molar-refractivity contribution >= 4 is 46.1 Å². The lowest BCUT2D eigenvalue weighted by molar-refractivity contribution is -0.144. The Bertz CT molecular complexity index is 2960. The molecule has 26 heteroatoms. The SMILES string of the molecule is COc1cc(OC)c(-c2c(OC)cc(OC)cc2P(=O)(c2cc(C)cc(C(F)(F)F)c2)c2cc(C(F)(F)F)cc(C(F)(F)F)c2)c(P(=O)(c2cc(C)cc(C(F)(F)F)c2)c2cc(C(F)(F)F)cc(C(F)(F)F)c2)c1. The molecule has 0 heterocycles. The van der Waals surface area contributed by atoms with Gasteiger partial charge in [0, 0.05) is 55.1 Å². The Morgan fingerprint density at radius 2 is 0.541 bits per heavy atom. The van der Waals surface area contributed by atoms with Crippen molar-refractivity contribution in [1.29, 1.82) is 0 Å². The van der Waals surface area contributed by atoms with Gasteiger partial charge in [-0.3, -0.25) is 0 Å². The van der Waals surface area contributed by atoms with Gasteiger partial charge < -0.3 is 28.1 Å². The van der Waals surface area contributed by atoms with E-state index in [9.17, 15) is 79.0 Å². The molecule has 0 amide bonds. The van der Waals surface area contributed by atoms with Gasteiger partial charge in [0.2, 0.25) is 0 Å². The minimum Gasteiger partial charge on any atom is -0.497 e. The Labute approximate surface area is 407 Å². The van der Waals surface area contributed by atoms with Crippen LogP contribution in [0, 0.1) is 13.8 Å². The van der Waals surface area contributed by atoms with Crippen LogP contribution in [-0.4, -0.2) is 28.4 Å². The smallest absolute Gasteiger partial charge is 0.416 e. The summed E-state index contributed by atoms with van der Waals surface area (Å²) in [6.07, 6.45) is -33.6. The summed E-state index contributed by atoms with van der Waals surface area (Å²) < 4.78 is 320. The fourth-order valence-corrected chi connectivity index (χ4v) is 14.1. The summed E-state index contributed by atoms with van der Waals surface area (Å²) >= 11 is 0. The summed E-state index contributed by atoms with van der Waals surface area (Å²) in [6.45, 7) is 1.96. The molecule has 0 fully saturated rings. The Hall–Kier alpha value is -6.28. The topological polar surface area (TPSA) is 71.1 Å². The van der Waals surface area contributed by atoms with Crippen LogP contribution in [0.1, 0.15) is 44.5 Å². The van der Waals surface area contributed by atoms with Crippen molar-refractivity contribution in [3.63, 3.8) is 0 Å². The van der Waals surface area contributed by atoms with Crippen molar-refractivity contribution in [3.05, 3.63) is 142 Å². The second-order valence-corrected chi connectivity index (χ2v) is 21.8. The van der Waals surface area contributed by atoms with Gasteiger partial charge in [-0.25, -0.2) is 0 Å². The first kappa shape index (κ1) is 57.0. The molecule has 0 aliphatic heterocycles. The number of alkyl halides is 18. The second-order valence-electron chi connectivity index (χ2n) is 16.3. The lowest BCUT2D eigenvalue weighted by Crippen LogP contribution is -2.32. The van der Waals surface area contributed by atoms with Crippen LogP contribution < -0.4 is 50.8 Å². The van der Waals surface area contributed by atoms with E-state index >= 15 is 9.13 Å². The molecule has 0 radical (unpaired) electrons. The predicted octanol–water partition coefficient (Wildman–Crippen LogP) is 13.4. The summed E-state index contributed by atoms with van der Waals surface area (Å²) in [5, 5.41) is -7.67. The minimum absolute atomic E-state index is 0.0783.